The van der Waals surface area contributed by atoms with Crippen molar-refractivity contribution >= 4 is 6.03 Å². The van der Waals surface area contributed by atoms with Crippen LogP contribution in [0.5, 0.6) is 0 Å². The molecule has 1 N–H and O–H groups in total. The summed E-state index contributed by atoms with van der Waals surface area (Å²) in [6.45, 7) is 9.12. The number of nitrogens with one attached hydrogen (secondary N) is 1. The summed E-state index contributed by atoms with van der Waals surface area (Å²) in [6, 6.07) is 10.4. The van der Waals surface area contributed by atoms with Crippen molar-refractivity contribution in [1.29, 1.82) is 0 Å². The fourth-order valence-corrected chi connectivity index (χ4v) is 3.83. The van der Waals surface area contributed by atoms with Gasteiger partial charge in [-0.3, -0.25) is 0 Å². The Morgan fingerprint density at radius 3 is 2.36 bits per heavy atom. The Bertz CT molecular complexity index is 564. The Balaban J connectivity index is 1.49. The van der Waals surface area contributed by atoms with Crippen LogP contribution in [-0.2, 0) is 9.47 Å². The third kappa shape index (κ3) is 4.15. The lowest BCUT2D eigenvalue weighted by Gasteiger charge is -2.39. The minimum Gasteiger partial charge on any atom is -0.348 e. The highest BCUT2D eigenvalue weighted by molar-refractivity contribution is 5.74. The maximum atomic E-state index is 12.6. The van der Waals surface area contributed by atoms with E-state index in [2.05, 4.69) is 31.3 Å². The standard InChI is InChI=1S/C20H30N2O3/c1-15(17-7-5-4-6-8-17)16(2)21-19(23)22-11-9-18(10-12-22)20(3)24-13-14-25-20/h4-8,15-16,18H,9-14H2,1-3H3,(H,21,23). The van der Waals surface area contributed by atoms with Crippen LogP contribution in [0, 0.1) is 5.92 Å². The van der Waals surface area contributed by atoms with Gasteiger partial charge in [0, 0.05) is 31.0 Å². The molecule has 2 saturated heterocycles. The molecule has 0 radical (unpaired) electrons. The first-order chi connectivity index (χ1) is 12.0. The van der Waals surface area contributed by atoms with Crippen LogP contribution in [0.15, 0.2) is 30.3 Å². The zero-order valence-electron chi connectivity index (χ0n) is 15.5. The molecule has 0 saturated carbocycles. The van der Waals surface area contributed by atoms with Crippen molar-refractivity contribution in [2.75, 3.05) is 26.3 Å². The Labute approximate surface area is 150 Å². The number of rotatable bonds is 4. The highest BCUT2D eigenvalue weighted by atomic mass is 16.7. The number of amides is 2. The summed E-state index contributed by atoms with van der Waals surface area (Å²) in [7, 11) is 0. The summed E-state index contributed by atoms with van der Waals surface area (Å²) < 4.78 is 11.6. The predicted octanol–water partition coefficient (Wildman–Crippen LogP) is 3.36. The Morgan fingerprint density at radius 2 is 1.76 bits per heavy atom. The second-order valence-corrected chi connectivity index (χ2v) is 7.41. The number of hydrogen-bond acceptors (Lipinski definition) is 3. The summed E-state index contributed by atoms with van der Waals surface area (Å²) >= 11 is 0. The molecule has 2 atom stereocenters. The first kappa shape index (κ1) is 18.2. The van der Waals surface area contributed by atoms with Crippen LogP contribution >= 0.6 is 0 Å². The highest BCUT2D eigenvalue weighted by Crippen LogP contribution is 2.35. The van der Waals surface area contributed by atoms with Crippen molar-refractivity contribution in [3.05, 3.63) is 35.9 Å². The van der Waals surface area contributed by atoms with Gasteiger partial charge in [0.2, 0.25) is 0 Å². The van der Waals surface area contributed by atoms with Crippen molar-refractivity contribution in [1.82, 2.24) is 10.2 Å². The number of benzene rings is 1. The molecule has 1 aromatic carbocycles. The largest absolute Gasteiger partial charge is 0.348 e. The fourth-order valence-electron chi connectivity index (χ4n) is 3.83. The summed E-state index contributed by atoms with van der Waals surface area (Å²) in [4.78, 5) is 14.5. The molecule has 0 spiro atoms. The van der Waals surface area contributed by atoms with Crippen molar-refractivity contribution in [2.24, 2.45) is 5.92 Å². The summed E-state index contributed by atoms with van der Waals surface area (Å²) in [5, 5.41) is 3.17. The van der Waals surface area contributed by atoms with E-state index in [1.54, 1.807) is 0 Å². The number of hydrogen-bond donors (Lipinski definition) is 1. The third-order valence-electron chi connectivity index (χ3n) is 5.81. The van der Waals surface area contributed by atoms with Crippen LogP contribution in [0.2, 0.25) is 0 Å². The van der Waals surface area contributed by atoms with Crippen LogP contribution in [0.3, 0.4) is 0 Å². The molecule has 0 bridgehead atoms. The molecule has 0 aliphatic carbocycles. The van der Waals surface area contributed by atoms with E-state index in [4.69, 9.17) is 9.47 Å². The van der Waals surface area contributed by atoms with Gasteiger partial charge in [-0.15, -0.1) is 0 Å². The van der Waals surface area contributed by atoms with E-state index in [0.29, 0.717) is 19.1 Å². The van der Waals surface area contributed by atoms with Crippen LogP contribution in [0.4, 0.5) is 4.79 Å². The molecular formula is C20H30N2O3. The second kappa shape index (κ2) is 7.75. The maximum Gasteiger partial charge on any atom is 0.317 e. The fraction of sp³-hybridized carbons (Fsp3) is 0.650. The minimum atomic E-state index is -0.461. The molecule has 25 heavy (non-hydrogen) atoms. The van der Waals surface area contributed by atoms with E-state index in [0.717, 1.165) is 25.9 Å². The van der Waals surface area contributed by atoms with Crippen molar-refractivity contribution in [3.8, 4) is 0 Å². The third-order valence-corrected chi connectivity index (χ3v) is 5.81. The number of likely N-dealkylation sites (tertiary alicyclic amines) is 1. The average Bonchev–Trinajstić information content (AvgIpc) is 3.09. The average molecular weight is 346 g/mol. The Morgan fingerprint density at radius 1 is 1.16 bits per heavy atom. The molecule has 2 aliphatic heterocycles. The topological polar surface area (TPSA) is 50.8 Å². The van der Waals surface area contributed by atoms with Crippen molar-refractivity contribution in [2.45, 2.75) is 51.4 Å². The molecule has 2 amide bonds. The van der Waals surface area contributed by atoms with Gasteiger partial charge >= 0.3 is 6.03 Å². The summed E-state index contributed by atoms with van der Waals surface area (Å²) in [5.74, 6) is 0.180. The zero-order valence-corrected chi connectivity index (χ0v) is 15.5. The Hall–Kier alpha value is -1.59. The second-order valence-electron chi connectivity index (χ2n) is 7.41. The van der Waals surface area contributed by atoms with Gasteiger partial charge in [0.05, 0.1) is 13.2 Å². The number of nitrogens with zero attached hydrogens (tertiary/aromatic N) is 1. The molecule has 2 aliphatic rings. The lowest BCUT2D eigenvalue weighted by atomic mass is 9.89. The van der Waals surface area contributed by atoms with E-state index in [-0.39, 0.29) is 18.0 Å². The van der Waals surface area contributed by atoms with Gasteiger partial charge < -0.3 is 19.7 Å². The van der Waals surface area contributed by atoms with Crippen molar-refractivity contribution < 1.29 is 14.3 Å². The monoisotopic (exact) mass is 346 g/mol. The lowest BCUT2D eigenvalue weighted by molar-refractivity contribution is -0.189. The van der Waals surface area contributed by atoms with E-state index in [1.807, 2.05) is 30.0 Å². The van der Waals surface area contributed by atoms with Crippen LogP contribution in [0.1, 0.15) is 45.1 Å². The number of carbonyl (C=O) groups excluding carboxylic acids is 1. The predicted molar refractivity (Wildman–Crippen MR) is 97.5 cm³/mol. The smallest absolute Gasteiger partial charge is 0.317 e. The molecular weight excluding hydrogens is 316 g/mol. The number of carbonyl (C=O) groups is 1. The molecule has 2 unspecified atom stereocenters. The van der Waals surface area contributed by atoms with Crippen LogP contribution in [-0.4, -0.2) is 49.1 Å². The number of ether oxygens (including phenoxy) is 2. The van der Waals surface area contributed by atoms with Gasteiger partial charge in [0.15, 0.2) is 5.79 Å². The molecule has 5 heteroatoms. The van der Waals surface area contributed by atoms with Crippen molar-refractivity contribution in [3.63, 3.8) is 0 Å². The Kier molecular flexibility index (Phi) is 5.64. The summed E-state index contributed by atoms with van der Waals surface area (Å²) in [5.41, 5.74) is 1.25. The van der Waals surface area contributed by atoms with E-state index in [1.165, 1.54) is 5.56 Å². The van der Waals surface area contributed by atoms with Gasteiger partial charge in [-0.1, -0.05) is 37.3 Å². The molecule has 138 valence electrons. The molecule has 5 nitrogen and oxygen atoms in total. The molecule has 0 aromatic heterocycles. The number of urea groups is 1. The highest BCUT2D eigenvalue weighted by Gasteiger charge is 2.41. The maximum absolute atomic E-state index is 12.6. The first-order valence-electron chi connectivity index (χ1n) is 9.38. The van der Waals surface area contributed by atoms with Crippen LogP contribution in [0.25, 0.3) is 0 Å². The number of piperidine rings is 1. The zero-order chi connectivity index (χ0) is 17.9. The lowest BCUT2D eigenvalue weighted by Crippen LogP contribution is -2.51. The molecule has 3 rings (SSSR count). The quantitative estimate of drug-likeness (QED) is 0.909. The van der Waals surface area contributed by atoms with Gasteiger partial charge in [0.1, 0.15) is 0 Å². The molecule has 2 heterocycles. The molecule has 2 fully saturated rings. The summed E-state index contributed by atoms with van der Waals surface area (Å²) in [6.07, 6.45) is 1.85. The van der Waals surface area contributed by atoms with Gasteiger partial charge in [-0.2, -0.15) is 0 Å². The van der Waals surface area contributed by atoms with E-state index < -0.39 is 5.79 Å². The van der Waals surface area contributed by atoms with E-state index in [9.17, 15) is 4.79 Å². The molecule has 1 aromatic rings. The SMILES string of the molecule is CC(NC(=O)N1CCC(C2(C)OCCO2)CC1)C(C)c1ccccc1. The van der Waals surface area contributed by atoms with Gasteiger partial charge in [0.25, 0.3) is 0 Å². The normalized spacial score (nSPS) is 23.2. The van der Waals surface area contributed by atoms with Crippen LogP contribution < -0.4 is 5.32 Å². The van der Waals surface area contributed by atoms with Gasteiger partial charge in [-0.25, -0.2) is 4.79 Å². The minimum absolute atomic E-state index is 0.0344. The van der Waals surface area contributed by atoms with E-state index >= 15 is 0 Å². The first-order valence-corrected chi connectivity index (χ1v) is 9.38. The van der Waals surface area contributed by atoms with Gasteiger partial charge in [-0.05, 0) is 32.3 Å².